The molecule has 16 heavy (non-hydrogen) atoms. The maximum Gasteiger partial charge on any atom is 0.0410 e. The molecule has 3 rings (SSSR count). The summed E-state index contributed by atoms with van der Waals surface area (Å²) in [5, 5.41) is 3.56. The van der Waals surface area contributed by atoms with Crippen molar-refractivity contribution in [2.75, 3.05) is 6.54 Å². The summed E-state index contributed by atoms with van der Waals surface area (Å²) in [5.41, 5.74) is 2.71. The fourth-order valence-electron chi connectivity index (χ4n) is 2.77. The summed E-state index contributed by atoms with van der Waals surface area (Å²) in [7, 11) is 0. The van der Waals surface area contributed by atoms with Gasteiger partial charge in [-0.15, -0.1) is 0 Å². The van der Waals surface area contributed by atoms with Crippen LogP contribution in [0.3, 0.4) is 0 Å². The van der Waals surface area contributed by atoms with Crippen molar-refractivity contribution in [3.63, 3.8) is 0 Å². The molecule has 1 aliphatic carbocycles. The second-order valence-electron chi connectivity index (χ2n) is 4.65. The minimum atomic E-state index is 0.600. The molecule has 1 fully saturated rings. The van der Waals surface area contributed by atoms with Crippen LogP contribution >= 0.6 is 15.9 Å². The molecule has 84 valence electrons. The molecule has 2 nitrogen and oxygen atoms in total. The number of fused-ring (bicyclic) bond motifs is 1. The van der Waals surface area contributed by atoms with Crippen molar-refractivity contribution in [3.05, 3.63) is 34.6 Å². The van der Waals surface area contributed by atoms with Crippen molar-refractivity contribution in [1.29, 1.82) is 0 Å². The van der Waals surface area contributed by atoms with Gasteiger partial charge in [0.2, 0.25) is 0 Å². The van der Waals surface area contributed by atoms with Crippen molar-refractivity contribution in [2.45, 2.75) is 25.3 Å². The molecule has 1 aromatic rings. The van der Waals surface area contributed by atoms with Crippen molar-refractivity contribution in [2.24, 2.45) is 5.92 Å². The first-order chi connectivity index (χ1) is 7.83. The molecule has 0 amide bonds. The van der Waals surface area contributed by atoms with Gasteiger partial charge in [0.1, 0.15) is 0 Å². The standard InChI is InChI=1S/C13H15BrN2/c14-12-5-11(7-15-8-12)10-2-1-9-3-4-16-13(9)6-10/h5-9,13,16H,1-4H2/t9-,13-/m1/s1. The maximum absolute atomic E-state index is 4.24. The fourth-order valence-corrected chi connectivity index (χ4v) is 3.13. The Bertz CT molecular complexity index is 428. The first kappa shape index (κ1) is 10.5. The summed E-state index contributed by atoms with van der Waals surface area (Å²) in [5.74, 6) is 0.865. The number of hydrogen-bond acceptors (Lipinski definition) is 2. The van der Waals surface area contributed by atoms with Gasteiger partial charge in [-0.25, -0.2) is 0 Å². The zero-order valence-electron chi connectivity index (χ0n) is 9.12. The van der Waals surface area contributed by atoms with Gasteiger partial charge in [-0.05, 0) is 64.9 Å². The van der Waals surface area contributed by atoms with Crippen LogP contribution < -0.4 is 5.32 Å². The lowest BCUT2D eigenvalue weighted by Gasteiger charge is -2.24. The predicted molar refractivity (Wildman–Crippen MR) is 69.0 cm³/mol. The van der Waals surface area contributed by atoms with Crippen LogP contribution in [-0.4, -0.2) is 17.6 Å². The molecule has 0 spiro atoms. The minimum Gasteiger partial charge on any atom is -0.310 e. The number of allylic oxidation sites excluding steroid dienone is 1. The van der Waals surface area contributed by atoms with Gasteiger partial charge < -0.3 is 5.32 Å². The summed E-state index contributed by atoms with van der Waals surface area (Å²) >= 11 is 3.48. The summed E-state index contributed by atoms with van der Waals surface area (Å²) in [4.78, 5) is 4.24. The van der Waals surface area contributed by atoms with Crippen LogP contribution in [-0.2, 0) is 0 Å². The van der Waals surface area contributed by atoms with E-state index >= 15 is 0 Å². The first-order valence-corrected chi connectivity index (χ1v) is 6.67. The average Bonchev–Trinajstić information content (AvgIpc) is 2.75. The van der Waals surface area contributed by atoms with Crippen LogP contribution in [0.1, 0.15) is 24.8 Å². The summed E-state index contributed by atoms with van der Waals surface area (Å²) < 4.78 is 1.06. The number of aromatic nitrogens is 1. The van der Waals surface area contributed by atoms with Gasteiger partial charge >= 0.3 is 0 Å². The van der Waals surface area contributed by atoms with E-state index in [1.807, 2.05) is 12.4 Å². The quantitative estimate of drug-likeness (QED) is 0.854. The van der Waals surface area contributed by atoms with E-state index in [9.17, 15) is 0 Å². The highest BCUT2D eigenvalue weighted by Crippen LogP contribution is 2.34. The zero-order valence-corrected chi connectivity index (χ0v) is 10.7. The third-order valence-corrected chi connectivity index (χ3v) is 4.08. The number of nitrogens with one attached hydrogen (secondary N) is 1. The molecule has 2 atom stereocenters. The van der Waals surface area contributed by atoms with E-state index in [-0.39, 0.29) is 0 Å². The highest BCUT2D eigenvalue weighted by Gasteiger charge is 2.28. The van der Waals surface area contributed by atoms with E-state index in [2.05, 4.69) is 38.4 Å². The molecule has 0 saturated carbocycles. The lowest BCUT2D eigenvalue weighted by atomic mass is 9.84. The summed E-state index contributed by atoms with van der Waals surface area (Å²) in [6.45, 7) is 1.18. The molecule has 1 aromatic heterocycles. The molecule has 1 N–H and O–H groups in total. The first-order valence-electron chi connectivity index (χ1n) is 5.88. The van der Waals surface area contributed by atoms with Gasteiger partial charge in [-0.2, -0.15) is 0 Å². The van der Waals surface area contributed by atoms with Gasteiger partial charge in [0.25, 0.3) is 0 Å². The Morgan fingerprint density at radius 2 is 2.25 bits per heavy atom. The van der Waals surface area contributed by atoms with Crippen molar-refractivity contribution in [3.8, 4) is 0 Å². The van der Waals surface area contributed by atoms with Gasteiger partial charge in [0.05, 0.1) is 0 Å². The maximum atomic E-state index is 4.24. The van der Waals surface area contributed by atoms with Crippen LogP contribution in [0.2, 0.25) is 0 Å². The molecule has 1 aliphatic heterocycles. The number of rotatable bonds is 1. The predicted octanol–water partition coefficient (Wildman–Crippen LogP) is 3.00. The molecule has 1 saturated heterocycles. The van der Waals surface area contributed by atoms with E-state index in [0.29, 0.717) is 6.04 Å². The van der Waals surface area contributed by atoms with Crippen molar-refractivity contribution < 1.29 is 0 Å². The molecule has 2 heterocycles. The Morgan fingerprint density at radius 1 is 1.31 bits per heavy atom. The van der Waals surface area contributed by atoms with Crippen LogP contribution in [0.4, 0.5) is 0 Å². The van der Waals surface area contributed by atoms with Gasteiger partial charge in [-0.3, -0.25) is 4.98 Å². The fraction of sp³-hybridized carbons (Fsp3) is 0.462. The van der Waals surface area contributed by atoms with Crippen LogP contribution in [0.25, 0.3) is 5.57 Å². The second-order valence-corrected chi connectivity index (χ2v) is 5.57. The molecule has 0 bridgehead atoms. The summed E-state index contributed by atoms with van der Waals surface area (Å²) in [6, 6.07) is 2.76. The van der Waals surface area contributed by atoms with E-state index in [4.69, 9.17) is 0 Å². The summed E-state index contributed by atoms with van der Waals surface area (Å²) in [6.07, 6.45) is 10.1. The van der Waals surface area contributed by atoms with E-state index in [1.54, 1.807) is 0 Å². The van der Waals surface area contributed by atoms with Gasteiger partial charge in [0.15, 0.2) is 0 Å². The van der Waals surface area contributed by atoms with Crippen molar-refractivity contribution >= 4 is 21.5 Å². The van der Waals surface area contributed by atoms with Crippen LogP contribution in [0.5, 0.6) is 0 Å². The van der Waals surface area contributed by atoms with E-state index in [1.165, 1.54) is 36.9 Å². The monoisotopic (exact) mass is 278 g/mol. The molecular formula is C13H15BrN2. The Morgan fingerprint density at radius 3 is 3.12 bits per heavy atom. The number of hydrogen-bond donors (Lipinski definition) is 1. The lowest BCUT2D eigenvalue weighted by molar-refractivity contribution is 0.465. The molecule has 3 heteroatoms. The number of nitrogens with zero attached hydrogens (tertiary/aromatic N) is 1. The minimum absolute atomic E-state index is 0.600. The Hall–Kier alpha value is -0.670. The smallest absolute Gasteiger partial charge is 0.0410 e. The second kappa shape index (κ2) is 4.30. The van der Waals surface area contributed by atoms with E-state index in [0.717, 1.165) is 10.4 Å². The zero-order chi connectivity index (χ0) is 11.0. The highest BCUT2D eigenvalue weighted by atomic mass is 79.9. The Kier molecular flexibility index (Phi) is 2.82. The molecule has 0 unspecified atom stereocenters. The van der Waals surface area contributed by atoms with Crippen LogP contribution in [0.15, 0.2) is 29.0 Å². The molecule has 0 aromatic carbocycles. The molecular weight excluding hydrogens is 264 g/mol. The van der Waals surface area contributed by atoms with Crippen molar-refractivity contribution in [1.82, 2.24) is 10.3 Å². The van der Waals surface area contributed by atoms with Gasteiger partial charge in [-0.1, -0.05) is 6.08 Å². The topological polar surface area (TPSA) is 24.9 Å². The largest absolute Gasteiger partial charge is 0.310 e. The third kappa shape index (κ3) is 1.94. The Labute approximate surface area is 104 Å². The highest BCUT2D eigenvalue weighted by molar-refractivity contribution is 9.10. The SMILES string of the molecule is Brc1cncc(C2=C[C@H]3NCC[C@H]3CC2)c1. The number of halogens is 1. The molecule has 0 radical (unpaired) electrons. The number of pyridine rings is 1. The normalized spacial score (nSPS) is 28.7. The van der Waals surface area contributed by atoms with Gasteiger partial charge in [0, 0.05) is 22.9 Å². The molecule has 2 aliphatic rings. The average molecular weight is 279 g/mol. The van der Waals surface area contributed by atoms with Crippen LogP contribution in [0, 0.1) is 5.92 Å². The Balaban J connectivity index is 1.90. The lowest BCUT2D eigenvalue weighted by Crippen LogP contribution is -2.27. The third-order valence-electron chi connectivity index (χ3n) is 3.64. The van der Waals surface area contributed by atoms with E-state index < -0.39 is 0 Å².